The third kappa shape index (κ3) is 3.78. The Morgan fingerprint density at radius 2 is 2.12 bits per heavy atom. The van der Waals surface area contributed by atoms with Crippen molar-refractivity contribution in [3.05, 3.63) is 26.6 Å². The number of carboxylic acid groups (broad SMARTS) is 1. The van der Waals surface area contributed by atoms with Crippen molar-refractivity contribution in [3.8, 4) is 0 Å². The number of carboxylic acids is 1. The van der Waals surface area contributed by atoms with Gasteiger partial charge < -0.3 is 15.0 Å². The first-order valence-corrected chi connectivity index (χ1v) is 10.4. The van der Waals surface area contributed by atoms with Gasteiger partial charge in [0.2, 0.25) is 5.91 Å². The zero-order valence-corrected chi connectivity index (χ0v) is 16.3. The summed E-state index contributed by atoms with van der Waals surface area (Å²) in [7, 11) is 1.48. The Bertz CT molecular complexity index is 905. The lowest BCUT2D eigenvalue weighted by Gasteiger charge is -2.21. The Kier molecular flexibility index (Phi) is 5.67. The summed E-state index contributed by atoms with van der Waals surface area (Å²) < 4.78 is 0. The van der Waals surface area contributed by atoms with Gasteiger partial charge in [0.05, 0.1) is 16.9 Å². The van der Waals surface area contributed by atoms with E-state index in [1.54, 1.807) is 11.3 Å². The number of aliphatic carboxylic acids is 1. The molecule has 26 heavy (non-hydrogen) atoms. The molecule has 3 rings (SSSR count). The van der Waals surface area contributed by atoms with Gasteiger partial charge in [-0.05, 0) is 38.2 Å². The lowest BCUT2D eigenvalue weighted by Crippen LogP contribution is -2.41. The average molecular weight is 396 g/mol. The minimum Gasteiger partial charge on any atom is -0.480 e. The van der Waals surface area contributed by atoms with E-state index >= 15 is 0 Å². The second-order valence-electron chi connectivity index (χ2n) is 6.42. The van der Waals surface area contributed by atoms with Crippen LogP contribution in [0, 0.1) is 0 Å². The first-order valence-electron chi connectivity index (χ1n) is 8.48. The summed E-state index contributed by atoms with van der Waals surface area (Å²) in [5, 5.41) is 9.68. The predicted molar refractivity (Wildman–Crippen MR) is 103 cm³/mol. The SMILES string of the molecule is CC(C(=O)O)N(C)C(=O)CSCc1nc2sc3c(c2c(=O)[nH]1)CCCC3. The van der Waals surface area contributed by atoms with Gasteiger partial charge in [0.1, 0.15) is 16.7 Å². The number of nitrogens with zero attached hydrogens (tertiary/aromatic N) is 2. The van der Waals surface area contributed by atoms with Gasteiger partial charge in [-0.25, -0.2) is 9.78 Å². The number of hydrogen-bond acceptors (Lipinski definition) is 6. The van der Waals surface area contributed by atoms with Gasteiger partial charge >= 0.3 is 5.97 Å². The predicted octanol–water partition coefficient (Wildman–Crippen LogP) is 2.03. The van der Waals surface area contributed by atoms with E-state index in [-0.39, 0.29) is 17.2 Å². The minimum absolute atomic E-state index is 0.104. The van der Waals surface area contributed by atoms with Gasteiger partial charge in [-0.3, -0.25) is 9.59 Å². The molecule has 0 saturated carbocycles. The molecule has 1 aliphatic carbocycles. The molecule has 7 nitrogen and oxygen atoms in total. The number of H-pyrrole nitrogens is 1. The number of aromatic nitrogens is 2. The molecule has 1 atom stereocenters. The molecule has 2 N–H and O–H groups in total. The Balaban J connectivity index is 1.67. The first kappa shape index (κ1) is 18.9. The van der Waals surface area contributed by atoms with Gasteiger partial charge in [0.25, 0.3) is 5.56 Å². The van der Waals surface area contributed by atoms with Crippen molar-refractivity contribution in [1.29, 1.82) is 0 Å². The van der Waals surface area contributed by atoms with Crippen LogP contribution in [0.15, 0.2) is 4.79 Å². The number of likely N-dealkylation sites (N-methyl/N-ethyl adjacent to an activating group) is 1. The maximum absolute atomic E-state index is 12.5. The molecule has 2 aromatic rings. The fourth-order valence-electron chi connectivity index (χ4n) is 3.00. The molecule has 2 aromatic heterocycles. The molecular formula is C17H21N3O4S2. The Labute approximate surface area is 158 Å². The van der Waals surface area contributed by atoms with E-state index in [2.05, 4.69) is 9.97 Å². The molecule has 0 aromatic carbocycles. The van der Waals surface area contributed by atoms with Crippen LogP contribution in [-0.2, 0) is 28.2 Å². The molecule has 0 saturated heterocycles. The zero-order valence-electron chi connectivity index (χ0n) is 14.7. The van der Waals surface area contributed by atoms with Gasteiger partial charge in [-0.15, -0.1) is 23.1 Å². The van der Waals surface area contributed by atoms with Crippen molar-refractivity contribution >= 4 is 45.2 Å². The maximum Gasteiger partial charge on any atom is 0.326 e. The molecule has 1 unspecified atom stereocenters. The van der Waals surface area contributed by atoms with Crippen molar-refractivity contribution in [2.45, 2.75) is 44.4 Å². The molecular weight excluding hydrogens is 374 g/mol. The number of thioether (sulfide) groups is 1. The lowest BCUT2D eigenvalue weighted by molar-refractivity contribution is -0.147. The molecule has 0 fully saturated rings. The largest absolute Gasteiger partial charge is 0.480 e. The molecule has 0 aliphatic heterocycles. The van der Waals surface area contributed by atoms with E-state index < -0.39 is 12.0 Å². The quantitative estimate of drug-likeness (QED) is 0.776. The van der Waals surface area contributed by atoms with Gasteiger partial charge in [-0.1, -0.05) is 0 Å². The summed E-state index contributed by atoms with van der Waals surface area (Å²) in [6.45, 7) is 1.47. The number of amides is 1. The number of aromatic amines is 1. The molecule has 0 radical (unpaired) electrons. The highest BCUT2D eigenvalue weighted by molar-refractivity contribution is 7.99. The summed E-state index contributed by atoms with van der Waals surface area (Å²) in [4.78, 5) is 46.1. The Morgan fingerprint density at radius 1 is 1.38 bits per heavy atom. The summed E-state index contributed by atoms with van der Waals surface area (Å²) in [5.74, 6) is -0.220. The number of rotatable bonds is 6. The summed E-state index contributed by atoms with van der Waals surface area (Å²) in [6, 6.07) is -0.866. The molecule has 9 heteroatoms. The van der Waals surface area contributed by atoms with Crippen LogP contribution < -0.4 is 5.56 Å². The van der Waals surface area contributed by atoms with Gasteiger partial charge in [0, 0.05) is 11.9 Å². The number of hydrogen-bond donors (Lipinski definition) is 2. The van der Waals surface area contributed by atoms with E-state index in [1.165, 1.54) is 35.5 Å². The number of fused-ring (bicyclic) bond motifs is 3. The fourth-order valence-corrected chi connectivity index (χ4v) is 5.09. The van der Waals surface area contributed by atoms with Crippen LogP contribution in [0.2, 0.25) is 0 Å². The average Bonchev–Trinajstić information content (AvgIpc) is 2.98. The highest BCUT2D eigenvalue weighted by Gasteiger charge is 2.22. The van der Waals surface area contributed by atoms with Crippen LogP contribution in [0.1, 0.15) is 36.0 Å². The van der Waals surface area contributed by atoms with Gasteiger partial charge in [0.15, 0.2) is 0 Å². The van der Waals surface area contributed by atoms with Crippen LogP contribution in [-0.4, -0.2) is 50.7 Å². The van der Waals surface area contributed by atoms with E-state index in [4.69, 9.17) is 5.11 Å². The summed E-state index contributed by atoms with van der Waals surface area (Å²) >= 11 is 2.91. The molecule has 0 spiro atoms. The van der Waals surface area contributed by atoms with Gasteiger partial charge in [-0.2, -0.15) is 0 Å². The second-order valence-corrected chi connectivity index (χ2v) is 8.48. The molecule has 2 heterocycles. The smallest absolute Gasteiger partial charge is 0.326 e. The standard InChI is InChI=1S/C17H21N3O4S2/c1-9(17(23)24)20(2)13(21)8-25-7-12-18-15(22)14-10-5-3-4-6-11(10)26-16(14)19-12/h9H,3-8H2,1-2H3,(H,23,24)(H,18,19,22). The minimum atomic E-state index is -1.04. The van der Waals surface area contributed by atoms with E-state index in [1.807, 2.05) is 0 Å². The Hall–Kier alpha value is -1.87. The second kappa shape index (κ2) is 7.79. The normalized spacial score (nSPS) is 14.8. The number of thiophene rings is 1. The summed E-state index contributed by atoms with van der Waals surface area (Å²) in [6.07, 6.45) is 4.23. The van der Waals surface area contributed by atoms with Crippen molar-refractivity contribution in [3.63, 3.8) is 0 Å². The van der Waals surface area contributed by atoms with E-state index in [9.17, 15) is 14.4 Å². The number of nitrogens with one attached hydrogen (secondary N) is 1. The van der Waals surface area contributed by atoms with Crippen molar-refractivity contribution < 1.29 is 14.7 Å². The van der Waals surface area contributed by atoms with Crippen LogP contribution in [0.3, 0.4) is 0 Å². The topological polar surface area (TPSA) is 103 Å². The van der Waals surface area contributed by atoms with Crippen molar-refractivity contribution in [2.75, 3.05) is 12.8 Å². The lowest BCUT2D eigenvalue weighted by atomic mass is 9.97. The van der Waals surface area contributed by atoms with Crippen LogP contribution in [0.4, 0.5) is 0 Å². The monoisotopic (exact) mass is 395 g/mol. The highest BCUT2D eigenvalue weighted by Crippen LogP contribution is 2.33. The third-order valence-corrected chi connectivity index (χ3v) is 6.78. The highest BCUT2D eigenvalue weighted by atomic mass is 32.2. The third-order valence-electron chi connectivity index (χ3n) is 4.67. The number of aryl methyl sites for hydroxylation is 2. The van der Waals surface area contributed by atoms with E-state index in [0.717, 1.165) is 41.5 Å². The molecule has 1 amide bonds. The van der Waals surface area contributed by atoms with Crippen molar-refractivity contribution in [1.82, 2.24) is 14.9 Å². The van der Waals surface area contributed by atoms with Crippen LogP contribution in [0.5, 0.6) is 0 Å². The van der Waals surface area contributed by atoms with E-state index in [0.29, 0.717) is 11.6 Å². The molecule has 0 bridgehead atoms. The molecule has 1 aliphatic rings. The Morgan fingerprint density at radius 3 is 2.85 bits per heavy atom. The first-order chi connectivity index (χ1) is 12.4. The van der Waals surface area contributed by atoms with Crippen LogP contribution in [0.25, 0.3) is 10.2 Å². The number of carbonyl (C=O) groups excluding carboxylic acids is 1. The van der Waals surface area contributed by atoms with Crippen molar-refractivity contribution in [2.24, 2.45) is 0 Å². The van der Waals surface area contributed by atoms with Crippen LogP contribution >= 0.6 is 23.1 Å². The fraction of sp³-hybridized carbons (Fsp3) is 0.529. The summed E-state index contributed by atoms with van der Waals surface area (Å²) in [5.41, 5.74) is 1.05. The molecule has 140 valence electrons. The number of carbonyl (C=O) groups is 2. The zero-order chi connectivity index (χ0) is 18.8. The maximum atomic E-state index is 12.5.